The number of benzene rings is 1. The number of carbonyl (C=O) groups excluding carboxylic acids is 2. The lowest BCUT2D eigenvalue weighted by Gasteiger charge is -2.27. The summed E-state index contributed by atoms with van der Waals surface area (Å²) in [5.74, 6) is -2.17. The van der Waals surface area contributed by atoms with Gasteiger partial charge in [0.25, 0.3) is 11.8 Å². The molecule has 1 aromatic rings. The lowest BCUT2D eigenvalue weighted by molar-refractivity contribution is -0.128. The fourth-order valence-electron chi connectivity index (χ4n) is 2.32. The molecular weight excluding hydrogens is 343 g/mol. The molecule has 1 aliphatic rings. The van der Waals surface area contributed by atoms with Crippen LogP contribution in [0.2, 0.25) is 0 Å². The van der Waals surface area contributed by atoms with Gasteiger partial charge in [0.2, 0.25) is 0 Å². The predicted octanol–water partition coefficient (Wildman–Crippen LogP) is 1.58. The fourth-order valence-corrected chi connectivity index (χ4v) is 2.57. The Balaban J connectivity index is 2.54. The second kappa shape index (κ2) is 7.23. The summed E-state index contributed by atoms with van der Waals surface area (Å²) in [7, 11) is 3.36. The molecule has 0 bridgehead atoms. The van der Waals surface area contributed by atoms with Crippen molar-refractivity contribution in [1.82, 2.24) is 10.2 Å². The smallest absolute Gasteiger partial charge is 0.265 e. The molecule has 1 heterocycles. The summed E-state index contributed by atoms with van der Waals surface area (Å²) in [5, 5.41) is 11.6. The number of nitriles is 1. The highest BCUT2D eigenvalue weighted by molar-refractivity contribution is 7.80. The van der Waals surface area contributed by atoms with Crippen LogP contribution in [0.25, 0.3) is 6.08 Å². The minimum atomic E-state index is -0.801. The zero-order valence-corrected chi connectivity index (χ0v) is 14.5. The van der Waals surface area contributed by atoms with E-state index in [1.54, 1.807) is 31.1 Å². The van der Waals surface area contributed by atoms with E-state index in [0.29, 0.717) is 5.69 Å². The van der Waals surface area contributed by atoms with Crippen LogP contribution in [0.3, 0.4) is 0 Å². The van der Waals surface area contributed by atoms with Gasteiger partial charge in [-0.1, -0.05) is 6.08 Å². The van der Waals surface area contributed by atoms with Crippen LogP contribution in [0.1, 0.15) is 11.1 Å². The molecule has 0 spiro atoms. The van der Waals surface area contributed by atoms with E-state index in [9.17, 15) is 19.2 Å². The van der Waals surface area contributed by atoms with Crippen LogP contribution >= 0.6 is 12.2 Å². The largest absolute Gasteiger partial charge is 0.377 e. The summed E-state index contributed by atoms with van der Waals surface area (Å²) >= 11 is 4.95. The number of hydrogen-bond donors (Lipinski definition) is 1. The third kappa shape index (κ3) is 3.41. The molecule has 1 aromatic carbocycles. The number of amides is 2. The molecule has 0 radical (unpaired) electrons. The lowest BCUT2D eigenvalue weighted by atomic mass is 10.0. The van der Waals surface area contributed by atoms with E-state index in [0.717, 1.165) is 11.0 Å². The van der Waals surface area contributed by atoms with Crippen LogP contribution in [0.4, 0.5) is 10.1 Å². The summed E-state index contributed by atoms with van der Waals surface area (Å²) < 4.78 is 14.6. The van der Waals surface area contributed by atoms with E-state index in [2.05, 4.69) is 11.9 Å². The van der Waals surface area contributed by atoms with E-state index in [-0.39, 0.29) is 28.4 Å². The monoisotopic (exact) mass is 358 g/mol. The van der Waals surface area contributed by atoms with Gasteiger partial charge in [0, 0.05) is 26.2 Å². The minimum absolute atomic E-state index is 0.0341. The van der Waals surface area contributed by atoms with Gasteiger partial charge in [0.1, 0.15) is 23.0 Å². The van der Waals surface area contributed by atoms with Crippen LogP contribution in [0.5, 0.6) is 0 Å². The topological polar surface area (TPSA) is 76.4 Å². The molecule has 0 atom stereocenters. The standard InChI is InChI=1S/C17H15FN4O2S/c1-4-7-22-16(24)11(15(23)20-17(22)25)8-10-5-6-13(21(2)3)12(9-19)14(10)18/h4-6,8H,1,7H2,2-3H3,(H,20,23,25). The summed E-state index contributed by atoms with van der Waals surface area (Å²) in [6.07, 6.45) is 2.57. The van der Waals surface area contributed by atoms with Crippen molar-refractivity contribution in [2.45, 2.75) is 0 Å². The highest BCUT2D eigenvalue weighted by Crippen LogP contribution is 2.26. The van der Waals surface area contributed by atoms with Crippen molar-refractivity contribution >= 4 is 40.9 Å². The quantitative estimate of drug-likeness (QED) is 0.383. The molecule has 1 aliphatic heterocycles. The number of rotatable bonds is 4. The minimum Gasteiger partial charge on any atom is -0.377 e. The Bertz CT molecular complexity index is 855. The van der Waals surface area contributed by atoms with Gasteiger partial charge in [-0.25, -0.2) is 4.39 Å². The summed E-state index contributed by atoms with van der Waals surface area (Å²) in [4.78, 5) is 27.3. The molecule has 8 heteroatoms. The molecule has 1 N–H and O–H groups in total. The van der Waals surface area contributed by atoms with Crippen LogP contribution in [-0.2, 0) is 9.59 Å². The van der Waals surface area contributed by atoms with Crippen molar-refractivity contribution in [3.05, 3.63) is 47.3 Å². The van der Waals surface area contributed by atoms with Crippen LogP contribution in [0.15, 0.2) is 30.4 Å². The van der Waals surface area contributed by atoms with Gasteiger partial charge in [0.05, 0.1) is 5.69 Å². The van der Waals surface area contributed by atoms with E-state index >= 15 is 0 Å². The Morgan fingerprint density at radius 1 is 1.44 bits per heavy atom. The zero-order valence-electron chi connectivity index (χ0n) is 13.7. The summed E-state index contributed by atoms with van der Waals surface area (Å²) in [5.41, 5.74) is -0.0691. The highest BCUT2D eigenvalue weighted by Gasteiger charge is 2.33. The van der Waals surface area contributed by atoms with Gasteiger partial charge in [0.15, 0.2) is 5.11 Å². The maximum atomic E-state index is 14.6. The van der Waals surface area contributed by atoms with Crippen LogP contribution < -0.4 is 10.2 Å². The van der Waals surface area contributed by atoms with E-state index in [1.165, 1.54) is 12.1 Å². The fraction of sp³-hybridized carbons (Fsp3) is 0.176. The Kier molecular flexibility index (Phi) is 5.29. The first kappa shape index (κ1) is 18.3. The van der Waals surface area contributed by atoms with Gasteiger partial charge in [-0.15, -0.1) is 6.58 Å². The molecule has 1 saturated heterocycles. The molecule has 2 amide bonds. The van der Waals surface area contributed by atoms with E-state index in [1.807, 2.05) is 0 Å². The predicted molar refractivity (Wildman–Crippen MR) is 96.1 cm³/mol. The molecule has 0 saturated carbocycles. The highest BCUT2D eigenvalue weighted by atomic mass is 32.1. The van der Waals surface area contributed by atoms with Crippen molar-refractivity contribution < 1.29 is 14.0 Å². The number of anilines is 1. The first-order chi connectivity index (χ1) is 11.8. The molecule has 25 heavy (non-hydrogen) atoms. The van der Waals surface area contributed by atoms with Crippen molar-refractivity contribution in [1.29, 1.82) is 5.26 Å². The summed E-state index contributed by atoms with van der Waals surface area (Å²) in [6, 6.07) is 4.76. The van der Waals surface area contributed by atoms with Gasteiger partial charge in [-0.05, 0) is 30.4 Å². The summed E-state index contributed by atoms with van der Waals surface area (Å²) in [6.45, 7) is 3.64. The van der Waals surface area contributed by atoms with Crippen LogP contribution in [0, 0.1) is 17.1 Å². The Labute approximate surface area is 149 Å². The molecular formula is C17H15FN4O2S. The first-order valence-corrected chi connectivity index (χ1v) is 7.62. The van der Waals surface area contributed by atoms with E-state index < -0.39 is 17.6 Å². The maximum Gasteiger partial charge on any atom is 0.265 e. The molecule has 0 aromatic heterocycles. The third-order valence-electron chi connectivity index (χ3n) is 3.54. The normalized spacial score (nSPS) is 15.8. The second-order valence-corrected chi connectivity index (χ2v) is 5.78. The van der Waals surface area contributed by atoms with Crippen molar-refractivity contribution in [2.75, 3.05) is 25.5 Å². The maximum absolute atomic E-state index is 14.6. The Morgan fingerprint density at radius 2 is 2.12 bits per heavy atom. The van der Waals surface area contributed by atoms with Gasteiger partial charge >= 0.3 is 0 Å². The molecule has 6 nitrogen and oxygen atoms in total. The molecule has 0 aliphatic carbocycles. The number of carbonyl (C=O) groups is 2. The third-order valence-corrected chi connectivity index (χ3v) is 3.86. The van der Waals surface area contributed by atoms with Gasteiger partial charge in [-0.3, -0.25) is 19.8 Å². The average molecular weight is 358 g/mol. The molecule has 0 unspecified atom stereocenters. The number of nitrogens with one attached hydrogen (secondary N) is 1. The van der Waals surface area contributed by atoms with Crippen LogP contribution in [-0.4, -0.2) is 42.5 Å². The van der Waals surface area contributed by atoms with Crippen molar-refractivity contribution in [3.8, 4) is 6.07 Å². The van der Waals surface area contributed by atoms with Gasteiger partial charge in [-0.2, -0.15) is 5.26 Å². The number of nitrogens with zero attached hydrogens (tertiary/aromatic N) is 3. The average Bonchev–Trinajstić information content (AvgIpc) is 2.56. The molecule has 2 rings (SSSR count). The van der Waals surface area contributed by atoms with Crippen molar-refractivity contribution in [2.24, 2.45) is 0 Å². The Hall–Kier alpha value is -3.05. The van der Waals surface area contributed by atoms with E-state index in [4.69, 9.17) is 12.2 Å². The first-order valence-electron chi connectivity index (χ1n) is 7.21. The number of thiocarbonyl (C=S) groups is 1. The molecule has 1 fully saturated rings. The Morgan fingerprint density at radius 3 is 2.68 bits per heavy atom. The van der Waals surface area contributed by atoms with Crippen molar-refractivity contribution in [3.63, 3.8) is 0 Å². The van der Waals surface area contributed by atoms with Gasteiger partial charge < -0.3 is 4.90 Å². The number of hydrogen-bond acceptors (Lipinski definition) is 5. The second-order valence-electron chi connectivity index (χ2n) is 5.39. The molecule has 128 valence electrons. The number of halogens is 1. The lowest BCUT2D eigenvalue weighted by Crippen LogP contribution is -2.53. The zero-order chi connectivity index (χ0) is 18.7. The SMILES string of the molecule is C=CCN1C(=O)C(=Cc2ccc(N(C)C)c(C#N)c2F)C(=O)NC1=S.